The predicted molar refractivity (Wildman–Crippen MR) is 155 cm³/mol. The lowest BCUT2D eigenvalue weighted by atomic mass is 10.1. The molecule has 43 heavy (non-hydrogen) atoms. The summed E-state index contributed by atoms with van der Waals surface area (Å²) in [6, 6.07) is 6.06. The Labute approximate surface area is 246 Å². The number of imidazole rings is 1. The van der Waals surface area contributed by atoms with Gasteiger partial charge >= 0.3 is 6.09 Å². The van der Waals surface area contributed by atoms with Gasteiger partial charge in [0.1, 0.15) is 35.1 Å². The third-order valence-corrected chi connectivity index (χ3v) is 7.58. The third-order valence-electron chi connectivity index (χ3n) is 7.58. The fourth-order valence-corrected chi connectivity index (χ4v) is 5.50. The molecule has 2 aliphatic rings. The van der Waals surface area contributed by atoms with Gasteiger partial charge in [-0.05, 0) is 51.0 Å². The van der Waals surface area contributed by atoms with Crippen LogP contribution in [0.4, 0.5) is 29.7 Å². The van der Waals surface area contributed by atoms with Gasteiger partial charge in [0, 0.05) is 50.9 Å². The van der Waals surface area contributed by atoms with E-state index in [1.54, 1.807) is 27.8 Å². The Morgan fingerprint density at radius 2 is 1.84 bits per heavy atom. The summed E-state index contributed by atoms with van der Waals surface area (Å²) in [7, 11) is 0. The van der Waals surface area contributed by atoms with Crippen LogP contribution in [0.15, 0.2) is 36.7 Å². The maximum Gasteiger partial charge on any atom is 0.410 e. The van der Waals surface area contributed by atoms with Gasteiger partial charge in [-0.3, -0.25) is 4.90 Å². The number of piperazine rings is 1. The molecule has 4 aromatic rings. The van der Waals surface area contributed by atoms with Crippen molar-refractivity contribution < 1.29 is 22.7 Å². The molecular formula is C30H33F3N8O2. The molecule has 0 saturated carbocycles. The van der Waals surface area contributed by atoms with Crippen LogP contribution in [0.25, 0.3) is 22.3 Å². The Morgan fingerprint density at radius 1 is 1.05 bits per heavy atom. The quantitative estimate of drug-likeness (QED) is 0.316. The molecule has 3 aromatic heterocycles. The van der Waals surface area contributed by atoms with Crippen molar-refractivity contribution >= 4 is 28.9 Å². The van der Waals surface area contributed by atoms with E-state index in [1.807, 2.05) is 26.8 Å². The standard InChI is InChI=1S/C30H33F3N8O2/c1-30(2,3)43-29(42)40-10-8-39(9-11-40)17-18-4-6-24(34-15-18)36-28-35-16-22(33)26(38-28)19-12-21(32)27-23(13-19)41-20(14-31)5-7-25(41)37-27/h4,6,12-13,15-16,20H,5,7-11,14,17H2,1-3H3,(H,34,35,36,38)/t20-/m0/s1. The van der Waals surface area contributed by atoms with Crippen LogP contribution in [-0.4, -0.2) is 78.9 Å². The van der Waals surface area contributed by atoms with Gasteiger partial charge in [0.2, 0.25) is 5.95 Å². The van der Waals surface area contributed by atoms with Crippen molar-refractivity contribution in [2.24, 2.45) is 0 Å². The average molecular weight is 595 g/mol. The molecule has 0 bridgehead atoms. The second-order valence-electron chi connectivity index (χ2n) is 11.9. The molecule has 226 valence electrons. The van der Waals surface area contributed by atoms with Crippen LogP contribution in [0.3, 0.4) is 0 Å². The molecule has 0 unspecified atom stereocenters. The number of rotatable bonds is 6. The highest BCUT2D eigenvalue weighted by atomic mass is 19.1. The molecule has 10 nitrogen and oxygen atoms in total. The molecule has 0 spiro atoms. The number of pyridine rings is 1. The number of nitrogens with one attached hydrogen (secondary N) is 1. The minimum atomic E-state index is -0.720. The van der Waals surface area contributed by atoms with Crippen LogP contribution >= 0.6 is 0 Å². The lowest BCUT2D eigenvalue weighted by Gasteiger charge is -2.35. The first-order chi connectivity index (χ1) is 20.6. The molecule has 1 amide bonds. The summed E-state index contributed by atoms with van der Waals surface area (Å²) >= 11 is 0. The summed E-state index contributed by atoms with van der Waals surface area (Å²) in [6.45, 7) is 8.25. The van der Waals surface area contributed by atoms with Crippen molar-refractivity contribution in [3.63, 3.8) is 0 Å². The zero-order valence-electron chi connectivity index (χ0n) is 24.3. The number of amides is 1. The highest BCUT2D eigenvalue weighted by Gasteiger charge is 2.28. The summed E-state index contributed by atoms with van der Waals surface area (Å²) in [5.74, 6) is -0.171. The maximum absolute atomic E-state index is 15.0. The van der Waals surface area contributed by atoms with Crippen LogP contribution in [0.1, 0.15) is 44.6 Å². The number of aryl methyl sites for hydroxylation is 1. The predicted octanol–water partition coefficient (Wildman–Crippen LogP) is 5.42. The highest BCUT2D eigenvalue weighted by molar-refractivity contribution is 5.83. The van der Waals surface area contributed by atoms with Crippen molar-refractivity contribution in [2.45, 2.75) is 51.8 Å². The SMILES string of the molecule is CC(C)(C)OC(=O)N1CCN(Cc2ccc(Nc3ncc(F)c(-c4cc(F)c5nc6n(c5c4)[C@H](CF)CC6)n3)nc2)CC1. The fourth-order valence-electron chi connectivity index (χ4n) is 5.50. The molecule has 6 rings (SSSR count). The number of carbonyl (C=O) groups excluding carboxylic acids is 1. The molecule has 1 N–H and O–H groups in total. The largest absolute Gasteiger partial charge is 0.444 e. The maximum atomic E-state index is 15.0. The molecule has 1 fully saturated rings. The van der Waals surface area contributed by atoms with E-state index in [9.17, 15) is 13.6 Å². The first kappa shape index (κ1) is 28.8. The zero-order valence-corrected chi connectivity index (χ0v) is 24.3. The number of nitrogens with zero attached hydrogens (tertiary/aromatic N) is 7. The van der Waals surface area contributed by atoms with E-state index < -0.39 is 30.0 Å². The van der Waals surface area contributed by atoms with E-state index >= 15 is 4.39 Å². The zero-order chi connectivity index (χ0) is 30.3. The topological polar surface area (TPSA) is 101 Å². The van der Waals surface area contributed by atoms with Crippen molar-refractivity contribution in [1.82, 2.24) is 34.3 Å². The first-order valence-corrected chi connectivity index (χ1v) is 14.3. The molecule has 2 aliphatic heterocycles. The number of hydrogen-bond acceptors (Lipinski definition) is 8. The molecular weight excluding hydrogens is 561 g/mol. The number of carbonyl (C=O) groups is 1. The van der Waals surface area contributed by atoms with Gasteiger partial charge < -0.3 is 19.5 Å². The Bertz CT molecular complexity index is 1650. The van der Waals surface area contributed by atoms with E-state index in [2.05, 4.69) is 30.2 Å². The Kier molecular flexibility index (Phi) is 7.67. The number of anilines is 2. The molecule has 1 saturated heterocycles. The van der Waals surface area contributed by atoms with Crippen LogP contribution in [0.2, 0.25) is 0 Å². The highest BCUT2D eigenvalue weighted by Crippen LogP contribution is 2.35. The molecule has 0 aliphatic carbocycles. The van der Waals surface area contributed by atoms with E-state index in [-0.39, 0.29) is 28.8 Å². The summed E-state index contributed by atoms with van der Waals surface area (Å²) in [5, 5.41) is 2.98. The van der Waals surface area contributed by atoms with E-state index in [1.165, 1.54) is 6.07 Å². The minimum Gasteiger partial charge on any atom is -0.444 e. The van der Waals surface area contributed by atoms with Crippen LogP contribution in [0, 0.1) is 11.6 Å². The summed E-state index contributed by atoms with van der Waals surface area (Å²) < 4.78 is 50.7. The molecule has 5 heterocycles. The number of fused-ring (bicyclic) bond motifs is 3. The second kappa shape index (κ2) is 11.4. The normalized spacial score (nSPS) is 17.3. The van der Waals surface area contributed by atoms with Gasteiger partial charge in [0.15, 0.2) is 11.6 Å². The summed E-state index contributed by atoms with van der Waals surface area (Å²) in [5.41, 5.74) is 1.13. The van der Waals surface area contributed by atoms with Gasteiger partial charge in [-0.25, -0.2) is 37.9 Å². The monoisotopic (exact) mass is 594 g/mol. The first-order valence-electron chi connectivity index (χ1n) is 14.3. The Morgan fingerprint density at radius 3 is 2.53 bits per heavy atom. The number of hydrogen-bond donors (Lipinski definition) is 1. The number of alkyl halides is 1. The minimum absolute atomic E-state index is 0.0919. The van der Waals surface area contributed by atoms with Crippen molar-refractivity contribution in [3.05, 3.63) is 59.7 Å². The van der Waals surface area contributed by atoms with Crippen LogP contribution in [-0.2, 0) is 17.7 Å². The van der Waals surface area contributed by atoms with E-state index in [4.69, 9.17) is 4.74 Å². The third kappa shape index (κ3) is 6.12. The Hall–Kier alpha value is -4.26. The van der Waals surface area contributed by atoms with Crippen molar-refractivity contribution in [2.75, 3.05) is 38.2 Å². The molecule has 1 aromatic carbocycles. The van der Waals surface area contributed by atoms with Gasteiger partial charge in [-0.1, -0.05) is 6.07 Å². The number of halogens is 3. The number of benzene rings is 1. The van der Waals surface area contributed by atoms with E-state index in [0.717, 1.165) is 11.8 Å². The molecule has 0 radical (unpaired) electrons. The van der Waals surface area contributed by atoms with Crippen molar-refractivity contribution in [1.29, 1.82) is 0 Å². The van der Waals surface area contributed by atoms with Gasteiger partial charge in [0.25, 0.3) is 0 Å². The van der Waals surface area contributed by atoms with Gasteiger partial charge in [-0.15, -0.1) is 0 Å². The van der Waals surface area contributed by atoms with E-state index in [0.29, 0.717) is 62.7 Å². The molecule has 13 heteroatoms. The summed E-state index contributed by atoms with van der Waals surface area (Å²) in [4.78, 5) is 33.4. The van der Waals surface area contributed by atoms with Crippen molar-refractivity contribution in [3.8, 4) is 11.3 Å². The van der Waals surface area contributed by atoms with Gasteiger partial charge in [0.05, 0.1) is 17.8 Å². The average Bonchev–Trinajstić information content (AvgIpc) is 3.55. The Balaban J connectivity index is 1.12. The van der Waals surface area contributed by atoms with Crippen LogP contribution in [0.5, 0.6) is 0 Å². The smallest absolute Gasteiger partial charge is 0.410 e. The van der Waals surface area contributed by atoms with Crippen LogP contribution < -0.4 is 5.32 Å². The second-order valence-corrected chi connectivity index (χ2v) is 11.9. The fraction of sp³-hybridized carbons (Fsp3) is 0.433. The number of aromatic nitrogens is 5. The number of ether oxygens (including phenoxy) is 1. The molecule has 1 atom stereocenters. The summed E-state index contributed by atoms with van der Waals surface area (Å²) in [6.07, 6.45) is 3.61. The lowest BCUT2D eigenvalue weighted by Crippen LogP contribution is -2.49. The lowest BCUT2D eigenvalue weighted by molar-refractivity contribution is 0.0139. The van der Waals surface area contributed by atoms with Gasteiger partial charge in [-0.2, -0.15) is 0 Å².